The molecule has 5 nitrogen and oxygen atoms in total. The number of aryl methyl sites for hydroxylation is 1. The molecule has 2 saturated heterocycles. The molecule has 5 rings (SSSR count). The topological polar surface area (TPSA) is 49.4 Å². The lowest BCUT2D eigenvalue weighted by Gasteiger charge is -2.27. The van der Waals surface area contributed by atoms with Gasteiger partial charge < -0.3 is 15.4 Å². The Labute approximate surface area is 190 Å². The van der Waals surface area contributed by atoms with Crippen molar-refractivity contribution in [3.8, 4) is 5.75 Å². The van der Waals surface area contributed by atoms with E-state index in [1.165, 1.54) is 6.42 Å². The lowest BCUT2D eigenvalue weighted by molar-refractivity contribution is -0.137. The molecule has 2 bridgehead atoms. The maximum Gasteiger partial charge on any atom is 0.416 e. The molecule has 2 atom stereocenters. The molecular formula is C25H27F3N4O. The highest BCUT2D eigenvalue weighted by atomic mass is 19.4. The van der Waals surface area contributed by atoms with Crippen molar-refractivity contribution in [1.29, 1.82) is 0 Å². The molecule has 2 aliphatic rings. The number of fused-ring (bicyclic) bond motifs is 3. The second-order valence-corrected chi connectivity index (χ2v) is 8.89. The highest BCUT2D eigenvalue weighted by Crippen LogP contribution is 2.36. The number of hydrogen-bond donors (Lipinski definition) is 2. The van der Waals surface area contributed by atoms with Gasteiger partial charge in [0.05, 0.1) is 17.7 Å². The number of piperazine rings is 1. The first-order valence-electron chi connectivity index (χ1n) is 11.3. The summed E-state index contributed by atoms with van der Waals surface area (Å²) in [4.78, 5) is 6.94. The number of rotatable bonds is 7. The number of likely N-dealkylation sites (tertiary alicyclic amines) is 1. The Bertz CT molecular complexity index is 1150. The Balaban J connectivity index is 1.32. The summed E-state index contributed by atoms with van der Waals surface area (Å²) >= 11 is 0. The lowest BCUT2D eigenvalue weighted by Crippen LogP contribution is -2.44. The largest absolute Gasteiger partial charge is 0.493 e. The van der Waals surface area contributed by atoms with Crippen LogP contribution in [0.15, 0.2) is 48.5 Å². The molecule has 2 unspecified atom stereocenters. The second-order valence-electron chi connectivity index (χ2n) is 8.89. The van der Waals surface area contributed by atoms with Gasteiger partial charge in [-0.05, 0) is 44.0 Å². The molecule has 2 aromatic carbocycles. The average Bonchev–Trinajstić information content (AvgIpc) is 3.39. The SMILES string of the molecule is Cc1cc(Nc2cc(OCCCN3CC4CC3CN4)cc(C(F)(F)F)c2)c2ccccc2n1. The normalized spacial score (nSPS) is 20.5. The number of para-hydroxylation sites is 1. The van der Waals surface area contributed by atoms with Gasteiger partial charge in [0.15, 0.2) is 0 Å². The molecule has 1 aromatic heterocycles. The quantitative estimate of drug-likeness (QED) is 0.484. The van der Waals surface area contributed by atoms with Crippen molar-refractivity contribution in [3.63, 3.8) is 0 Å². The molecule has 0 amide bonds. The number of nitrogens with zero attached hydrogens (tertiary/aromatic N) is 2. The fourth-order valence-electron chi connectivity index (χ4n) is 4.86. The smallest absolute Gasteiger partial charge is 0.416 e. The maximum absolute atomic E-state index is 13.6. The number of nitrogens with one attached hydrogen (secondary N) is 2. The van der Waals surface area contributed by atoms with Gasteiger partial charge in [-0.2, -0.15) is 13.2 Å². The van der Waals surface area contributed by atoms with E-state index in [-0.39, 0.29) is 5.75 Å². The summed E-state index contributed by atoms with van der Waals surface area (Å²) in [6.07, 6.45) is -2.50. The molecule has 0 saturated carbocycles. The molecule has 0 spiro atoms. The molecule has 8 heteroatoms. The van der Waals surface area contributed by atoms with E-state index in [9.17, 15) is 13.2 Å². The predicted octanol–water partition coefficient (Wildman–Crippen LogP) is 5.12. The van der Waals surface area contributed by atoms with Crippen LogP contribution in [0.3, 0.4) is 0 Å². The summed E-state index contributed by atoms with van der Waals surface area (Å²) in [5, 5.41) is 7.48. The number of ether oxygens (including phenoxy) is 1. The third-order valence-corrected chi connectivity index (χ3v) is 6.39. The zero-order valence-electron chi connectivity index (χ0n) is 18.5. The van der Waals surface area contributed by atoms with E-state index in [1.807, 2.05) is 37.3 Å². The Morgan fingerprint density at radius 1 is 1.18 bits per heavy atom. The number of alkyl halides is 3. The van der Waals surface area contributed by atoms with Crippen molar-refractivity contribution in [1.82, 2.24) is 15.2 Å². The minimum atomic E-state index is -4.46. The second kappa shape index (κ2) is 8.83. The third kappa shape index (κ3) is 4.91. The van der Waals surface area contributed by atoms with Crippen molar-refractivity contribution in [2.24, 2.45) is 0 Å². The van der Waals surface area contributed by atoms with Crippen molar-refractivity contribution in [2.45, 2.75) is 38.0 Å². The Morgan fingerprint density at radius 3 is 2.79 bits per heavy atom. The van der Waals surface area contributed by atoms with Crippen LogP contribution in [0.25, 0.3) is 10.9 Å². The van der Waals surface area contributed by atoms with Crippen LogP contribution in [0.4, 0.5) is 24.5 Å². The first-order valence-corrected chi connectivity index (χ1v) is 11.3. The lowest BCUT2D eigenvalue weighted by atomic mass is 10.1. The van der Waals surface area contributed by atoms with Gasteiger partial charge in [-0.25, -0.2) is 0 Å². The number of hydrogen-bond acceptors (Lipinski definition) is 5. The van der Waals surface area contributed by atoms with E-state index < -0.39 is 11.7 Å². The molecule has 33 heavy (non-hydrogen) atoms. The van der Waals surface area contributed by atoms with E-state index in [2.05, 4.69) is 20.5 Å². The average molecular weight is 457 g/mol. The molecule has 0 radical (unpaired) electrons. The number of halogens is 3. The number of aromatic nitrogens is 1. The zero-order chi connectivity index (χ0) is 23.0. The van der Waals surface area contributed by atoms with Crippen LogP contribution < -0.4 is 15.4 Å². The van der Waals surface area contributed by atoms with E-state index in [1.54, 1.807) is 6.07 Å². The molecular weight excluding hydrogens is 429 g/mol. The van der Waals surface area contributed by atoms with Crippen molar-refractivity contribution in [2.75, 3.05) is 31.6 Å². The standard InChI is InChI=1S/C25H27F3N4O/c1-16-9-24(22-5-2-3-6-23(22)30-16)31-18-10-17(25(26,27)28)11-21(13-18)33-8-4-7-32-15-19-12-20(32)14-29-19/h2-3,5-6,9-11,13,19-20,29H,4,7-8,12,14-15H2,1H3,(H,30,31). The maximum atomic E-state index is 13.6. The first kappa shape index (κ1) is 22.0. The van der Waals surface area contributed by atoms with Gasteiger partial charge in [-0.1, -0.05) is 18.2 Å². The van der Waals surface area contributed by atoms with Gasteiger partial charge >= 0.3 is 6.18 Å². The number of anilines is 2. The molecule has 2 aliphatic heterocycles. The fraction of sp³-hybridized carbons (Fsp3) is 0.400. The van der Waals surface area contributed by atoms with Crippen LogP contribution in [0.5, 0.6) is 5.75 Å². The van der Waals surface area contributed by atoms with Crippen LogP contribution in [-0.4, -0.2) is 48.2 Å². The third-order valence-electron chi connectivity index (χ3n) is 6.39. The minimum absolute atomic E-state index is 0.215. The molecule has 174 valence electrons. The molecule has 3 heterocycles. The summed E-state index contributed by atoms with van der Waals surface area (Å²) in [6.45, 7) is 5.20. The van der Waals surface area contributed by atoms with E-state index >= 15 is 0 Å². The summed E-state index contributed by atoms with van der Waals surface area (Å²) in [5.74, 6) is 0.215. The minimum Gasteiger partial charge on any atom is -0.493 e. The Kier molecular flexibility index (Phi) is 5.88. The Morgan fingerprint density at radius 2 is 2.03 bits per heavy atom. The Hall–Kier alpha value is -2.84. The zero-order valence-corrected chi connectivity index (χ0v) is 18.5. The van der Waals surface area contributed by atoms with Crippen LogP contribution in [-0.2, 0) is 6.18 Å². The van der Waals surface area contributed by atoms with Gasteiger partial charge in [0.2, 0.25) is 0 Å². The van der Waals surface area contributed by atoms with E-state index in [4.69, 9.17) is 4.74 Å². The highest BCUT2D eigenvalue weighted by molar-refractivity contribution is 5.93. The van der Waals surface area contributed by atoms with Crippen LogP contribution in [0, 0.1) is 6.92 Å². The van der Waals surface area contributed by atoms with Crippen LogP contribution in [0.1, 0.15) is 24.1 Å². The number of benzene rings is 2. The van der Waals surface area contributed by atoms with Gasteiger partial charge in [0.25, 0.3) is 0 Å². The molecule has 3 aromatic rings. The van der Waals surface area contributed by atoms with Crippen molar-refractivity contribution < 1.29 is 17.9 Å². The monoisotopic (exact) mass is 456 g/mol. The van der Waals surface area contributed by atoms with Crippen LogP contribution >= 0.6 is 0 Å². The van der Waals surface area contributed by atoms with Crippen molar-refractivity contribution in [3.05, 3.63) is 59.8 Å². The molecule has 2 fully saturated rings. The summed E-state index contributed by atoms with van der Waals surface area (Å²) in [6, 6.07) is 14.4. The van der Waals surface area contributed by atoms with Gasteiger partial charge in [-0.3, -0.25) is 9.88 Å². The highest BCUT2D eigenvalue weighted by Gasteiger charge is 2.36. The summed E-state index contributed by atoms with van der Waals surface area (Å²) in [7, 11) is 0. The van der Waals surface area contributed by atoms with Gasteiger partial charge in [-0.15, -0.1) is 0 Å². The first-order chi connectivity index (χ1) is 15.8. The summed E-state index contributed by atoms with van der Waals surface area (Å²) in [5.41, 5.74) is 1.87. The van der Waals surface area contributed by atoms with Crippen molar-refractivity contribution >= 4 is 22.3 Å². The van der Waals surface area contributed by atoms with Gasteiger partial charge in [0.1, 0.15) is 5.75 Å². The van der Waals surface area contributed by atoms with E-state index in [0.29, 0.717) is 30.1 Å². The summed E-state index contributed by atoms with van der Waals surface area (Å²) < 4.78 is 46.5. The number of pyridine rings is 1. The van der Waals surface area contributed by atoms with Gasteiger partial charge in [0, 0.05) is 60.2 Å². The van der Waals surface area contributed by atoms with E-state index in [0.717, 1.165) is 54.8 Å². The fourth-order valence-corrected chi connectivity index (χ4v) is 4.86. The molecule has 2 N–H and O–H groups in total. The predicted molar refractivity (Wildman–Crippen MR) is 123 cm³/mol. The molecule has 0 aliphatic carbocycles. The van der Waals surface area contributed by atoms with Crippen LogP contribution in [0.2, 0.25) is 0 Å².